The van der Waals surface area contributed by atoms with Crippen molar-refractivity contribution in [3.63, 3.8) is 0 Å². The zero-order chi connectivity index (χ0) is 19.9. The Bertz CT molecular complexity index is 563. The maximum atomic E-state index is 14.5. The first-order valence-corrected chi connectivity index (χ1v) is 6.27. The fraction of sp³-hybridized carbons (Fsp3) is 0.667. The highest BCUT2D eigenvalue weighted by atomic mass is 19.4. The molecule has 0 radical (unpaired) electrons. The molecule has 2 nitrogen and oxygen atoms in total. The van der Waals surface area contributed by atoms with E-state index in [0.717, 1.165) is 0 Å². The summed E-state index contributed by atoms with van der Waals surface area (Å²) < 4.78 is 147. The Morgan fingerprint density at radius 3 is 1.68 bits per heavy atom. The van der Waals surface area contributed by atoms with Gasteiger partial charge in [0.2, 0.25) is 0 Å². The highest BCUT2D eigenvalue weighted by Crippen LogP contribution is 2.53. The molecule has 0 aromatic carbocycles. The van der Waals surface area contributed by atoms with Crippen LogP contribution in [-0.4, -0.2) is 41.5 Å². The highest BCUT2D eigenvalue weighted by Gasteiger charge is 2.79. The first kappa shape index (κ1) is 21.5. The second-order valence-corrected chi connectivity index (χ2v) is 5.12. The van der Waals surface area contributed by atoms with Gasteiger partial charge in [-0.25, -0.2) is 17.6 Å². The van der Waals surface area contributed by atoms with E-state index >= 15 is 0 Å². The van der Waals surface area contributed by atoms with Crippen molar-refractivity contribution < 1.29 is 53.0 Å². The van der Waals surface area contributed by atoms with Crippen LogP contribution in [0.3, 0.4) is 0 Å². The van der Waals surface area contributed by atoms with Crippen LogP contribution < -0.4 is 0 Å². The quantitative estimate of drug-likeness (QED) is 0.601. The van der Waals surface area contributed by atoms with Crippen LogP contribution in [0.1, 0.15) is 6.92 Å². The van der Waals surface area contributed by atoms with Gasteiger partial charge in [-0.15, -0.1) is 0 Å². The summed E-state index contributed by atoms with van der Waals surface area (Å²) in [5.74, 6) is -16.3. The van der Waals surface area contributed by atoms with Crippen molar-refractivity contribution in [2.45, 2.75) is 43.0 Å². The third kappa shape index (κ3) is 4.01. The van der Waals surface area contributed by atoms with Crippen molar-refractivity contribution in [3.8, 4) is 0 Å². The minimum Gasteiger partial charge on any atom is -0.314 e. The van der Waals surface area contributed by atoms with E-state index in [1.807, 2.05) is 0 Å². The summed E-state index contributed by atoms with van der Waals surface area (Å²) in [6.07, 6.45) is -17.4. The van der Waals surface area contributed by atoms with Gasteiger partial charge in [-0.05, 0) is 12.1 Å². The second kappa shape index (κ2) is 6.32. The Hall–Kier alpha value is -1.53. The summed E-state index contributed by atoms with van der Waals surface area (Å²) in [5, 5.41) is 0. The monoisotopic (exact) mass is 393 g/mol. The third-order valence-corrected chi connectivity index (χ3v) is 2.92. The molecule has 25 heavy (non-hydrogen) atoms. The van der Waals surface area contributed by atoms with Crippen LogP contribution in [0.4, 0.5) is 48.3 Å². The Morgan fingerprint density at radius 1 is 0.880 bits per heavy atom. The molecule has 0 N–H and O–H groups in total. The molecule has 0 aliphatic carbocycles. The topological polar surface area (TPSA) is 14.2 Å². The van der Waals surface area contributed by atoms with Crippen LogP contribution in [0.25, 0.3) is 0 Å². The van der Waals surface area contributed by atoms with Crippen LogP contribution in [0.5, 0.6) is 0 Å². The van der Waals surface area contributed by atoms with E-state index in [0.29, 0.717) is 12.1 Å². The predicted octanol–water partition coefficient (Wildman–Crippen LogP) is 4.91. The highest BCUT2D eigenvalue weighted by molar-refractivity contribution is 5.07. The normalized spacial score (nSPS) is 18.1. The average Bonchev–Trinajstić information content (AvgIpc) is 2.96. The first-order valence-electron chi connectivity index (χ1n) is 6.27. The lowest BCUT2D eigenvalue weighted by molar-refractivity contribution is -0.418. The van der Waals surface area contributed by atoms with Gasteiger partial charge in [0.15, 0.2) is 0 Å². The number of alkyl halides is 11. The number of rotatable bonds is 7. The molecule has 1 rings (SSSR count). The van der Waals surface area contributed by atoms with Crippen molar-refractivity contribution in [3.05, 3.63) is 24.5 Å². The van der Waals surface area contributed by atoms with Crippen LogP contribution in [0.15, 0.2) is 24.5 Å². The van der Waals surface area contributed by atoms with Gasteiger partial charge in [0.1, 0.15) is 6.61 Å². The fourth-order valence-corrected chi connectivity index (χ4v) is 1.73. The zero-order valence-electron chi connectivity index (χ0n) is 12.1. The van der Waals surface area contributed by atoms with E-state index in [2.05, 4.69) is 4.74 Å². The molecule has 146 valence electrons. The Balaban J connectivity index is 3.42. The summed E-state index contributed by atoms with van der Waals surface area (Å²) in [6, 6.07) is 1.32. The smallest absolute Gasteiger partial charge is 0.314 e. The van der Waals surface area contributed by atoms with Gasteiger partial charge in [-0.1, -0.05) is 0 Å². The van der Waals surface area contributed by atoms with Crippen molar-refractivity contribution in [2.75, 3.05) is 6.61 Å². The van der Waals surface area contributed by atoms with E-state index in [1.54, 1.807) is 0 Å². The van der Waals surface area contributed by atoms with Gasteiger partial charge in [-0.2, -0.15) is 30.7 Å². The number of ether oxygens (including phenoxy) is 1. The van der Waals surface area contributed by atoms with Gasteiger partial charge in [0.05, 0.1) is 0 Å². The predicted molar refractivity (Wildman–Crippen MR) is 60.9 cm³/mol. The molecule has 0 fully saturated rings. The van der Waals surface area contributed by atoms with Gasteiger partial charge in [0, 0.05) is 19.3 Å². The number of hydrogen-bond acceptors (Lipinski definition) is 1. The largest absolute Gasteiger partial charge is 0.425 e. The van der Waals surface area contributed by atoms with Crippen LogP contribution in [0.2, 0.25) is 0 Å². The van der Waals surface area contributed by atoms with Crippen molar-refractivity contribution in [1.82, 2.24) is 4.57 Å². The molecule has 13 heteroatoms. The summed E-state index contributed by atoms with van der Waals surface area (Å²) in [4.78, 5) is 0. The minimum atomic E-state index is -6.51. The lowest BCUT2D eigenvalue weighted by Gasteiger charge is -2.40. The van der Waals surface area contributed by atoms with E-state index in [9.17, 15) is 48.3 Å². The van der Waals surface area contributed by atoms with Crippen molar-refractivity contribution >= 4 is 0 Å². The molecule has 2 unspecified atom stereocenters. The summed E-state index contributed by atoms with van der Waals surface area (Å²) in [6.45, 7) is -2.40. The number of aromatic nitrogens is 1. The zero-order valence-corrected chi connectivity index (χ0v) is 12.1. The first-order chi connectivity index (χ1) is 11.0. The summed E-state index contributed by atoms with van der Waals surface area (Å²) >= 11 is 0. The molecule has 0 spiro atoms. The average molecular weight is 393 g/mol. The molecule has 0 saturated heterocycles. The molecule has 0 aliphatic rings. The lowest BCUT2D eigenvalue weighted by Crippen LogP contribution is -2.65. The Morgan fingerprint density at radius 2 is 1.32 bits per heavy atom. The Labute approximate surface area is 133 Å². The molecule has 0 bridgehead atoms. The van der Waals surface area contributed by atoms with Gasteiger partial charge in [0.25, 0.3) is 17.9 Å². The van der Waals surface area contributed by atoms with Gasteiger partial charge in [-0.3, -0.25) is 0 Å². The number of halogens is 11. The molecule has 0 aliphatic heterocycles. The minimum absolute atomic E-state index is 0.0243. The molecule has 0 amide bonds. The van der Waals surface area contributed by atoms with Crippen LogP contribution in [0, 0.1) is 0 Å². The second-order valence-electron chi connectivity index (χ2n) is 5.12. The summed E-state index contributed by atoms with van der Waals surface area (Å²) in [7, 11) is 0. The van der Waals surface area contributed by atoms with E-state index in [-0.39, 0.29) is 19.3 Å². The van der Waals surface area contributed by atoms with Crippen molar-refractivity contribution in [1.29, 1.82) is 0 Å². The van der Waals surface area contributed by atoms with Gasteiger partial charge >= 0.3 is 18.2 Å². The number of hydrogen-bond donors (Lipinski definition) is 0. The fourth-order valence-electron chi connectivity index (χ4n) is 1.73. The molecule has 1 heterocycles. The van der Waals surface area contributed by atoms with Crippen LogP contribution >= 0.6 is 0 Å². The van der Waals surface area contributed by atoms with Crippen molar-refractivity contribution in [2.24, 2.45) is 0 Å². The van der Waals surface area contributed by atoms with Crippen LogP contribution in [-0.2, 0) is 10.5 Å². The summed E-state index contributed by atoms with van der Waals surface area (Å²) in [5.41, 5.74) is 0. The number of nitrogens with zero attached hydrogens (tertiary/aromatic N) is 1. The molecule has 1 aromatic heterocycles. The molecular weight excluding hydrogens is 383 g/mol. The van der Waals surface area contributed by atoms with E-state index < -0.39 is 47.3 Å². The molecule has 0 saturated carbocycles. The maximum absolute atomic E-state index is 14.5. The molecule has 1 aromatic rings. The lowest BCUT2D eigenvalue weighted by atomic mass is 9.99. The standard InChI is InChI=1S/C12H10F11NO/c1-8(14,15)6-25-12(22,23)11(20,21)9(16,7(13)10(17,18)19)24-4-2-3-5-24/h2-5,7H,6H2,1H3. The SMILES string of the molecule is CC(F)(F)COC(F)(F)C(F)(F)C(F)(C(F)C(F)(F)F)n1cccc1. The molecular formula is C12H10F11NO. The maximum Gasteiger partial charge on any atom is 0.425 e. The van der Waals surface area contributed by atoms with E-state index in [4.69, 9.17) is 0 Å². The van der Waals surface area contributed by atoms with E-state index in [1.165, 1.54) is 0 Å². The third-order valence-electron chi connectivity index (χ3n) is 2.92. The molecule has 2 atom stereocenters. The Kier molecular flexibility index (Phi) is 5.44. The van der Waals surface area contributed by atoms with Gasteiger partial charge < -0.3 is 9.30 Å².